The predicted octanol–water partition coefficient (Wildman–Crippen LogP) is 0.0456. The molecule has 0 radical (unpaired) electrons. The summed E-state index contributed by atoms with van der Waals surface area (Å²) in [4.78, 5) is 22.1. The molecule has 0 aliphatic rings. The maximum atomic E-state index is 11.7. The van der Waals surface area contributed by atoms with E-state index in [1.807, 2.05) is 0 Å². The van der Waals surface area contributed by atoms with Crippen LogP contribution in [-0.2, 0) is 12.8 Å². The third-order valence-electron chi connectivity index (χ3n) is 6.13. The van der Waals surface area contributed by atoms with Crippen molar-refractivity contribution in [2.45, 2.75) is 25.0 Å². The van der Waals surface area contributed by atoms with E-state index >= 15 is 0 Å². The van der Waals surface area contributed by atoms with E-state index in [4.69, 9.17) is 11.5 Å². The van der Waals surface area contributed by atoms with Crippen LogP contribution in [0.4, 0.5) is 34.1 Å². The molecule has 0 bridgehead atoms. The first-order chi connectivity index (χ1) is 19.5. The van der Waals surface area contributed by atoms with E-state index in [2.05, 4.69) is 10.6 Å². The zero-order chi connectivity index (χ0) is 30.7. The minimum absolute atomic E-state index is 0.0247. The predicted molar refractivity (Wildman–Crippen MR) is 155 cm³/mol. The van der Waals surface area contributed by atoms with Crippen molar-refractivity contribution in [1.82, 2.24) is 0 Å². The molecule has 228 valence electrons. The number of rotatable bonds is 18. The Morgan fingerprint density at radius 1 is 0.732 bits per heavy atom. The lowest BCUT2D eigenvalue weighted by Gasteiger charge is -2.21. The van der Waals surface area contributed by atoms with Gasteiger partial charge in [-0.3, -0.25) is 20.2 Å². The van der Waals surface area contributed by atoms with Crippen LogP contribution in [0.3, 0.4) is 0 Å². The first-order valence-corrected chi connectivity index (χ1v) is 13.7. The summed E-state index contributed by atoms with van der Waals surface area (Å²) in [5, 5.41) is 87.8. The lowest BCUT2D eigenvalue weighted by atomic mass is 9.98. The topological polar surface area (TPSA) is 284 Å². The Labute approximate surface area is 239 Å². The highest BCUT2D eigenvalue weighted by Gasteiger charge is 2.29. The Kier molecular flexibility index (Phi) is 13.3. The SMILES string of the molecule is Nc1c(C(O)CSCC(O)c2cc(CCO)c([N+](=O)[O-])c(NCCO)c2N)cc(CCO)c([N+](=O)[O-])c1NCCO. The molecule has 0 saturated heterocycles. The number of nitrogens with one attached hydrogen (secondary N) is 2. The fraction of sp³-hybridized carbons (Fsp3) is 0.500. The number of benzene rings is 2. The van der Waals surface area contributed by atoms with Crippen LogP contribution in [0.25, 0.3) is 0 Å². The van der Waals surface area contributed by atoms with Crippen molar-refractivity contribution in [2.24, 2.45) is 0 Å². The molecule has 17 heteroatoms. The van der Waals surface area contributed by atoms with Gasteiger partial charge in [0.05, 0.1) is 46.6 Å². The van der Waals surface area contributed by atoms with Gasteiger partial charge in [0, 0.05) is 72.9 Å². The van der Waals surface area contributed by atoms with Gasteiger partial charge in [-0.1, -0.05) is 0 Å². The van der Waals surface area contributed by atoms with Gasteiger partial charge in [0.1, 0.15) is 11.4 Å². The van der Waals surface area contributed by atoms with Crippen molar-refractivity contribution >= 4 is 45.9 Å². The van der Waals surface area contributed by atoms with Gasteiger partial charge in [-0.15, -0.1) is 0 Å². The number of nitro groups is 2. The summed E-state index contributed by atoms with van der Waals surface area (Å²) in [7, 11) is 0. The molecule has 2 unspecified atom stereocenters. The zero-order valence-electron chi connectivity index (χ0n) is 22.2. The molecule has 0 amide bonds. The Bertz CT molecular complexity index is 1130. The van der Waals surface area contributed by atoms with Crippen molar-refractivity contribution < 1.29 is 40.5 Å². The highest BCUT2D eigenvalue weighted by Crippen LogP contribution is 2.42. The Morgan fingerprint density at radius 3 is 1.39 bits per heavy atom. The molecule has 0 saturated carbocycles. The van der Waals surface area contributed by atoms with E-state index in [0.717, 1.165) is 11.8 Å². The minimum atomic E-state index is -1.25. The molecular formula is C24H36N6O10S. The number of nitrogen functional groups attached to an aromatic ring is 2. The van der Waals surface area contributed by atoms with Gasteiger partial charge < -0.3 is 52.7 Å². The number of thioether (sulfide) groups is 1. The molecule has 0 spiro atoms. The van der Waals surface area contributed by atoms with Crippen LogP contribution in [0.1, 0.15) is 34.5 Å². The molecule has 16 nitrogen and oxygen atoms in total. The average Bonchev–Trinajstić information content (AvgIpc) is 2.92. The molecule has 0 heterocycles. The quantitative estimate of drug-likeness (QED) is 0.0614. The van der Waals surface area contributed by atoms with Crippen LogP contribution < -0.4 is 22.1 Å². The molecule has 2 aromatic rings. The monoisotopic (exact) mass is 600 g/mol. The Hall–Kier alpha value is -3.45. The molecule has 0 aliphatic carbocycles. The van der Waals surface area contributed by atoms with Crippen LogP contribution in [0.5, 0.6) is 0 Å². The second kappa shape index (κ2) is 16.1. The molecule has 2 aromatic carbocycles. The second-order valence-electron chi connectivity index (χ2n) is 8.86. The van der Waals surface area contributed by atoms with E-state index in [9.17, 15) is 50.9 Å². The average molecular weight is 601 g/mol. The number of nitrogens with two attached hydrogens (primary N) is 2. The fourth-order valence-corrected chi connectivity index (χ4v) is 5.26. The molecule has 0 aliphatic heterocycles. The first kappa shape index (κ1) is 33.8. The number of nitrogens with zero attached hydrogens (tertiary/aromatic N) is 2. The van der Waals surface area contributed by atoms with Crippen molar-refractivity contribution in [2.75, 3.05) is 73.1 Å². The number of nitro benzene ring substituents is 2. The van der Waals surface area contributed by atoms with Crippen molar-refractivity contribution in [3.63, 3.8) is 0 Å². The molecule has 0 aromatic heterocycles. The maximum Gasteiger partial charge on any atom is 0.297 e. The molecule has 2 atom stereocenters. The lowest BCUT2D eigenvalue weighted by molar-refractivity contribution is -0.384. The van der Waals surface area contributed by atoms with Crippen LogP contribution >= 0.6 is 11.8 Å². The van der Waals surface area contributed by atoms with Crippen LogP contribution in [0, 0.1) is 20.2 Å². The smallest absolute Gasteiger partial charge is 0.297 e. The largest absolute Gasteiger partial charge is 0.397 e. The lowest BCUT2D eigenvalue weighted by Crippen LogP contribution is -2.16. The van der Waals surface area contributed by atoms with E-state index in [1.165, 1.54) is 12.1 Å². The van der Waals surface area contributed by atoms with Gasteiger partial charge in [0.15, 0.2) is 0 Å². The number of hydrogen-bond donors (Lipinski definition) is 10. The van der Waals surface area contributed by atoms with Gasteiger partial charge in [-0.2, -0.15) is 11.8 Å². The third kappa shape index (κ3) is 8.29. The standard InChI is InChI=1S/C24H36N6O10S/c25-19-15(9-13(1-5-31)23(29(37)38)21(19)27-3-7-33)17(35)11-41-12-18(36)16-10-14(2-6-32)24(30(39)40)22(20(16)26)28-4-8-34/h9-10,17-18,27-28,31-36H,1-8,11-12,25-26H2. The van der Waals surface area contributed by atoms with Crippen molar-refractivity contribution in [1.29, 1.82) is 0 Å². The fourth-order valence-electron chi connectivity index (χ4n) is 4.31. The Morgan fingerprint density at radius 2 is 1.10 bits per heavy atom. The molecular weight excluding hydrogens is 564 g/mol. The Balaban J connectivity index is 2.34. The van der Waals surface area contributed by atoms with E-state index in [1.54, 1.807) is 0 Å². The summed E-state index contributed by atoms with van der Waals surface area (Å²) >= 11 is 1.08. The summed E-state index contributed by atoms with van der Waals surface area (Å²) < 4.78 is 0. The summed E-state index contributed by atoms with van der Waals surface area (Å²) in [5.74, 6) is -0.0494. The number of hydrogen-bond acceptors (Lipinski definition) is 15. The van der Waals surface area contributed by atoms with Gasteiger partial charge in [0.25, 0.3) is 11.4 Å². The van der Waals surface area contributed by atoms with Crippen LogP contribution in [-0.4, -0.2) is 91.5 Å². The van der Waals surface area contributed by atoms with Gasteiger partial charge >= 0.3 is 0 Å². The van der Waals surface area contributed by atoms with Crippen LogP contribution in [0.2, 0.25) is 0 Å². The number of anilines is 4. The van der Waals surface area contributed by atoms with Crippen molar-refractivity contribution in [3.8, 4) is 0 Å². The van der Waals surface area contributed by atoms with E-state index < -0.39 is 35.3 Å². The summed E-state index contributed by atoms with van der Waals surface area (Å²) in [6.45, 7) is -1.57. The van der Waals surface area contributed by atoms with Gasteiger partial charge in [-0.05, 0) is 12.1 Å². The van der Waals surface area contributed by atoms with E-state index in [-0.39, 0.29) is 107 Å². The molecule has 2 rings (SSSR count). The van der Waals surface area contributed by atoms with Crippen molar-refractivity contribution in [3.05, 3.63) is 54.6 Å². The van der Waals surface area contributed by atoms with Crippen LogP contribution in [0.15, 0.2) is 12.1 Å². The summed E-state index contributed by atoms with van der Waals surface area (Å²) in [6.07, 6.45) is -2.67. The normalized spacial score (nSPS) is 12.6. The third-order valence-corrected chi connectivity index (χ3v) is 7.23. The van der Waals surface area contributed by atoms with Gasteiger partial charge in [0.2, 0.25) is 0 Å². The molecule has 41 heavy (non-hydrogen) atoms. The van der Waals surface area contributed by atoms with E-state index in [0.29, 0.717) is 0 Å². The molecule has 0 fully saturated rings. The highest BCUT2D eigenvalue weighted by atomic mass is 32.2. The zero-order valence-corrected chi connectivity index (χ0v) is 23.0. The van der Waals surface area contributed by atoms with Gasteiger partial charge in [-0.25, -0.2) is 0 Å². The summed E-state index contributed by atoms with van der Waals surface area (Å²) in [5.41, 5.74) is 11.8. The first-order valence-electron chi connectivity index (χ1n) is 12.6. The maximum absolute atomic E-state index is 11.7. The highest BCUT2D eigenvalue weighted by molar-refractivity contribution is 7.99. The minimum Gasteiger partial charge on any atom is -0.397 e. The number of aliphatic hydroxyl groups is 6. The summed E-state index contributed by atoms with van der Waals surface area (Å²) in [6, 6.07) is 2.67. The molecule has 12 N–H and O–H groups in total. The second-order valence-corrected chi connectivity index (χ2v) is 9.93. The number of aliphatic hydroxyl groups excluding tert-OH is 6.